The summed E-state index contributed by atoms with van der Waals surface area (Å²) < 4.78 is 10.5. The summed E-state index contributed by atoms with van der Waals surface area (Å²) in [5, 5.41) is 2.52. The van der Waals surface area contributed by atoms with Gasteiger partial charge in [-0.2, -0.15) is 0 Å². The molecule has 0 saturated heterocycles. The molecule has 0 fully saturated rings. The van der Waals surface area contributed by atoms with E-state index in [1.54, 1.807) is 12.2 Å². The Balaban J connectivity index is 1.77. The molecule has 1 N–H and O–H groups in total. The molecule has 1 amide bonds. The van der Waals surface area contributed by atoms with E-state index < -0.39 is 5.97 Å². The fraction of sp³-hybridized carbons (Fsp3) is 0.143. The summed E-state index contributed by atoms with van der Waals surface area (Å²) in [6, 6.07) is 17.2. The Morgan fingerprint density at radius 3 is 2.46 bits per heavy atom. The van der Waals surface area contributed by atoms with Crippen molar-refractivity contribution in [2.24, 2.45) is 0 Å². The highest BCUT2D eigenvalue weighted by Gasteiger charge is 2.03. The smallest absolute Gasteiger partial charge is 0.331 e. The molecule has 0 aliphatic heterocycles. The molecule has 0 aliphatic carbocycles. The molecule has 0 aromatic heterocycles. The van der Waals surface area contributed by atoms with E-state index in [4.69, 9.17) is 9.47 Å². The number of ether oxygens (including phenoxy) is 2. The Morgan fingerprint density at radius 2 is 1.77 bits per heavy atom. The van der Waals surface area contributed by atoms with Crippen LogP contribution >= 0.6 is 0 Å². The molecule has 0 saturated carbocycles. The predicted octanol–water partition coefficient (Wildman–Crippen LogP) is 3.12. The Hall–Kier alpha value is -3.34. The van der Waals surface area contributed by atoms with Crippen LogP contribution in [0.5, 0.6) is 5.75 Å². The second-order valence-corrected chi connectivity index (χ2v) is 5.38. The summed E-state index contributed by atoms with van der Waals surface area (Å²) in [6.45, 7) is 4.00. The summed E-state index contributed by atoms with van der Waals surface area (Å²) in [5.41, 5.74) is 1.92. The van der Waals surface area contributed by atoms with Gasteiger partial charge in [-0.15, -0.1) is 6.58 Å². The van der Waals surface area contributed by atoms with Gasteiger partial charge in [0.1, 0.15) is 12.4 Å². The zero-order chi connectivity index (χ0) is 18.6. The monoisotopic (exact) mass is 351 g/mol. The van der Waals surface area contributed by atoms with E-state index in [0.717, 1.165) is 16.9 Å². The minimum Gasteiger partial charge on any atom is -0.489 e. The van der Waals surface area contributed by atoms with E-state index in [0.29, 0.717) is 13.2 Å². The van der Waals surface area contributed by atoms with Gasteiger partial charge in [0.05, 0.1) is 0 Å². The standard InChI is InChI=1S/C21H21NO4/c1-2-14-22-20(23)16-26-21(24)13-10-17-8-11-19(12-9-17)25-15-18-6-4-3-5-7-18/h2-13H,1,14-16H2,(H,22,23)/b13-10+. The molecular weight excluding hydrogens is 330 g/mol. The van der Waals surface area contributed by atoms with Gasteiger partial charge in [-0.3, -0.25) is 4.79 Å². The van der Waals surface area contributed by atoms with Crippen LogP contribution in [0.3, 0.4) is 0 Å². The van der Waals surface area contributed by atoms with Crippen LogP contribution < -0.4 is 10.1 Å². The van der Waals surface area contributed by atoms with Crippen molar-refractivity contribution in [3.8, 4) is 5.75 Å². The molecule has 0 atom stereocenters. The maximum Gasteiger partial charge on any atom is 0.331 e. The molecule has 0 spiro atoms. The first-order valence-electron chi connectivity index (χ1n) is 8.16. The molecule has 0 heterocycles. The summed E-state index contributed by atoms with van der Waals surface area (Å²) in [7, 11) is 0. The Bertz CT molecular complexity index is 751. The van der Waals surface area contributed by atoms with Gasteiger partial charge >= 0.3 is 5.97 Å². The average Bonchev–Trinajstić information content (AvgIpc) is 2.69. The largest absolute Gasteiger partial charge is 0.489 e. The van der Waals surface area contributed by atoms with Gasteiger partial charge in [-0.25, -0.2) is 4.79 Å². The molecule has 0 unspecified atom stereocenters. The van der Waals surface area contributed by atoms with E-state index >= 15 is 0 Å². The molecule has 0 bridgehead atoms. The van der Waals surface area contributed by atoms with E-state index in [-0.39, 0.29) is 12.5 Å². The summed E-state index contributed by atoms with van der Waals surface area (Å²) in [6.07, 6.45) is 4.44. The zero-order valence-corrected chi connectivity index (χ0v) is 14.4. The van der Waals surface area contributed by atoms with E-state index in [9.17, 15) is 9.59 Å². The lowest BCUT2D eigenvalue weighted by atomic mass is 10.2. The molecule has 5 nitrogen and oxygen atoms in total. The average molecular weight is 351 g/mol. The molecule has 2 rings (SSSR count). The topological polar surface area (TPSA) is 64.6 Å². The van der Waals surface area contributed by atoms with Crippen molar-refractivity contribution in [1.82, 2.24) is 5.32 Å². The zero-order valence-electron chi connectivity index (χ0n) is 14.4. The predicted molar refractivity (Wildman–Crippen MR) is 100 cm³/mol. The first kappa shape index (κ1) is 19.0. The van der Waals surface area contributed by atoms with Gasteiger partial charge in [-0.1, -0.05) is 48.5 Å². The number of benzene rings is 2. The van der Waals surface area contributed by atoms with Gasteiger partial charge < -0.3 is 14.8 Å². The fourth-order valence-corrected chi connectivity index (χ4v) is 2.00. The maximum atomic E-state index is 11.6. The third-order valence-corrected chi connectivity index (χ3v) is 3.33. The summed E-state index contributed by atoms with van der Waals surface area (Å²) >= 11 is 0. The van der Waals surface area contributed by atoms with Crippen molar-refractivity contribution >= 4 is 18.0 Å². The van der Waals surface area contributed by atoms with Gasteiger partial charge in [0.15, 0.2) is 6.61 Å². The number of nitrogens with one attached hydrogen (secondary N) is 1. The Morgan fingerprint density at radius 1 is 1.04 bits per heavy atom. The molecule has 2 aromatic carbocycles. The van der Waals surface area contributed by atoms with E-state index in [2.05, 4.69) is 11.9 Å². The van der Waals surface area contributed by atoms with Gasteiger partial charge in [0, 0.05) is 12.6 Å². The number of hydrogen-bond donors (Lipinski definition) is 1. The minimum absolute atomic E-state index is 0.316. The molecule has 0 radical (unpaired) electrons. The molecule has 2 aromatic rings. The highest BCUT2D eigenvalue weighted by molar-refractivity contribution is 5.89. The van der Waals surface area contributed by atoms with E-state index in [1.807, 2.05) is 54.6 Å². The number of hydrogen-bond acceptors (Lipinski definition) is 4. The third kappa shape index (κ3) is 7.05. The third-order valence-electron chi connectivity index (χ3n) is 3.33. The highest BCUT2D eigenvalue weighted by Crippen LogP contribution is 2.15. The first-order valence-corrected chi connectivity index (χ1v) is 8.16. The quantitative estimate of drug-likeness (QED) is 0.428. The molecule has 5 heteroatoms. The summed E-state index contributed by atoms with van der Waals surface area (Å²) in [4.78, 5) is 22.9. The van der Waals surface area contributed by atoms with Gasteiger partial charge in [0.25, 0.3) is 5.91 Å². The van der Waals surface area contributed by atoms with Crippen molar-refractivity contribution in [2.75, 3.05) is 13.2 Å². The Kier molecular flexibility index (Phi) is 7.68. The van der Waals surface area contributed by atoms with Crippen LogP contribution in [0.4, 0.5) is 0 Å². The second kappa shape index (κ2) is 10.5. The van der Waals surface area contributed by atoms with Gasteiger partial charge in [-0.05, 0) is 29.3 Å². The lowest BCUT2D eigenvalue weighted by Gasteiger charge is -2.06. The minimum atomic E-state index is -0.580. The van der Waals surface area contributed by atoms with Crippen molar-refractivity contribution < 1.29 is 19.1 Å². The number of carbonyl (C=O) groups excluding carboxylic acids is 2. The lowest BCUT2D eigenvalue weighted by molar-refractivity contribution is -0.143. The van der Waals surface area contributed by atoms with Crippen LogP contribution in [0.1, 0.15) is 11.1 Å². The van der Waals surface area contributed by atoms with Crippen LogP contribution in [-0.4, -0.2) is 25.0 Å². The van der Waals surface area contributed by atoms with Crippen molar-refractivity contribution in [3.05, 3.63) is 84.5 Å². The maximum absolute atomic E-state index is 11.6. The number of rotatable bonds is 9. The Labute approximate surface area is 152 Å². The number of carbonyl (C=O) groups is 2. The van der Waals surface area contributed by atoms with Gasteiger partial charge in [0.2, 0.25) is 0 Å². The SMILES string of the molecule is C=CCNC(=O)COC(=O)/C=C/c1ccc(OCc2ccccc2)cc1. The normalized spacial score (nSPS) is 10.3. The molecule has 26 heavy (non-hydrogen) atoms. The van der Waals surface area contributed by atoms with Crippen LogP contribution in [0.2, 0.25) is 0 Å². The number of esters is 1. The highest BCUT2D eigenvalue weighted by atomic mass is 16.5. The first-order chi connectivity index (χ1) is 12.7. The van der Waals surface area contributed by atoms with Crippen LogP contribution in [0, 0.1) is 0 Å². The second-order valence-electron chi connectivity index (χ2n) is 5.38. The van der Waals surface area contributed by atoms with Crippen molar-refractivity contribution in [3.63, 3.8) is 0 Å². The van der Waals surface area contributed by atoms with Crippen LogP contribution in [0.15, 0.2) is 73.3 Å². The molecular formula is C21H21NO4. The van der Waals surface area contributed by atoms with Crippen molar-refractivity contribution in [1.29, 1.82) is 0 Å². The van der Waals surface area contributed by atoms with E-state index in [1.165, 1.54) is 6.08 Å². The lowest BCUT2D eigenvalue weighted by Crippen LogP contribution is -2.28. The van der Waals surface area contributed by atoms with Crippen molar-refractivity contribution in [2.45, 2.75) is 6.61 Å². The molecule has 134 valence electrons. The summed E-state index contributed by atoms with van der Waals surface area (Å²) in [5.74, 6) is -0.206. The fourth-order valence-electron chi connectivity index (χ4n) is 2.00. The van der Waals surface area contributed by atoms with Crippen LogP contribution in [-0.2, 0) is 20.9 Å². The molecule has 0 aliphatic rings. The number of amides is 1. The van der Waals surface area contributed by atoms with Crippen LogP contribution in [0.25, 0.3) is 6.08 Å².